The highest BCUT2D eigenvalue weighted by Gasteiger charge is 2.48. The van der Waals surface area contributed by atoms with Crippen molar-refractivity contribution < 1.29 is 9.84 Å². The van der Waals surface area contributed by atoms with Gasteiger partial charge in [0.15, 0.2) is 0 Å². The minimum atomic E-state index is -0.579. The fourth-order valence-corrected chi connectivity index (χ4v) is 4.73. The molecule has 0 aliphatic heterocycles. The van der Waals surface area contributed by atoms with Crippen LogP contribution in [0.4, 0.5) is 0 Å². The van der Waals surface area contributed by atoms with E-state index in [1.165, 1.54) is 19.3 Å². The topological polar surface area (TPSA) is 29.5 Å². The fraction of sp³-hybridized carbons (Fsp3) is 0.810. The Morgan fingerprint density at radius 2 is 2.04 bits per heavy atom. The number of rotatable bonds is 5. The summed E-state index contributed by atoms with van der Waals surface area (Å²) < 4.78 is 5.22. The van der Waals surface area contributed by atoms with E-state index in [0.29, 0.717) is 11.8 Å². The van der Waals surface area contributed by atoms with Gasteiger partial charge >= 0.3 is 0 Å². The molecule has 0 saturated heterocycles. The minimum absolute atomic E-state index is 0.205. The Hall–Kier alpha value is -0.760. The first kappa shape index (κ1) is 18.6. The van der Waals surface area contributed by atoms with Crippen molar-refractivity contribution in [3.63, 3.8) is 0 Å². The number of hydrogen-bond acceptors (Lipinski definition) is 2. The standard InChI is InChI=1S/C21H36O2/c1-16-9-10-17-18(21(16,5)13-12-19(2,3)22)8-7-11-20(17,4)14-15-23-6/h8,14-17,22H,7,9-13H2,1-6H3/b15-14-/t16-,17+,20-,21+/m1/s1. The molecule has 0 aromatic heterocycles. The molecule has 0 bridgehead atoms. The van der Waals surface area contributed by atoms with Gasteiger partial charge in [-0.25, -0.2) is 0 Å². The Kier molecular flexibility index (Phi) is 5.35. The molecule has 2 aliphatic rings. The van der Waals surface area contributed by atoms with E-state index < -0.39 is 5.60 Å². The van der Waals surface area contributed by atoms with Crippen LogP contribution in [0.5, 0.6) is 0 Å². The predicted octanol–water partition coefficient (Wildman–Crippen LogP) is 5.48. The van der Waals surface area contributed by atoms with Crippen molar-refractivity contribution in [3.05, 3.63) is 24.0 Å². The lowest BCUT2D eigenvalue weighted by atomic mass is 9.51. The molecular formula is C21H36O2. The van der Waals surface area contributed by atoms with E-state index in [1.807, 2.05) is 20.1 Å². The lowest BCUT2D eigenvalue weighted by molar-refractivity contribution is 0.0344. The molecule has 0 spiro atoms. The molecule has 0 aromatic rings. The summed E-state index contributed by atoms with van der Waals surface area (Å²) in [5, 5.41) is 10.2. The second-order valence-corrected chi connectivity index (χ2v) is 9.00. The van der Waals surface area contributed by atoms with Crippen molar-refractivity contribution in [2.45, 2.75) is 78.7 Å². The van der Waals surface area contributed by atoms with E-state index in [4.69, 9.17) is 4.74 Å². The van der Waals surface area contributed by atoms with Gasteiger partial charge in [-0.05, 0) is 81.1 Å². The maximum atomic E-state index is 10.2. The van der Waals surface area contributed by atoms with Crippen LogP contribution >= 0.6 is 0 Å². The molecule has 0 heterocycles. The van der Waals surface area contributed by atoms with Gasteiger partial charge in [0.25, 0.3) is 0 Å². The minimum Gasteiger partial charge on any atom is -0.505 e. The molecule has 2 rings (SSSR count). The van der Waals surface area contributed by atoms with Crippen molar-refractivity contribution in [2.75, 3.05) is 7.11 Å². The summed E-state index contributed by atoms with van der Waals surface area (Å²) in [5.74, 6) is 1.30. The molecule has 0 unspecified atom stereocenters. The smallest absolute Gasteiger partial charge is 0.0790 e. The maximum absolute atomic E-state index is 10.2. The average molecular weight is 321 g/mol. The monoisotopic (exact) mass is 320 g/mol. The van der Waals surface area contributed by atoms with Crippen LogP contribution in [-0.4, -0.2) is 17.8 Å². The second kappa shape index (κ2) is 6.63. The Balaban J connectivity index is 2.30. The van der Waals surface area contributed by atoms with Gasteiger partial charge in [0.05, 0.1) is 19.0 Å². The van der Waals surface area contributed by atoms with Crippen LogP contribution in [0.15, 0.2) is 24.0 Å². The number of fused-ring (bicyclic) bond motifs is 1. The third-order valence-corrected chi connectivity index (χ3v) is 6.70. The molecule has 0 amide bonds. The zero-order valence-electron chi connectivity index (χ0n) is 16.0. The number of methoxy groups -OCH3 is 1. The highest BCUT2D eigenvalue weighted by molar-refractivity contribution is 5.28. The van der Waals surface area contributed by atoms with Crippen LogP contribution in [0.2, 0.25) is 0 Å². The summed E-state index contributed by atoms with van der Waals surface area (Å²) in [6.45, 7) is 11.1. The Labute approximate surface area is 143 Å². The van der Waals surface area contributed by atoms with Crippen LogP contribution in [-0.2, 0) is 4.74 Å². The third kappa shape index (κ3) is 3.84. The third-order valence-electron chi connectivity index (χ3n) is 6.70. The van der Waals surface area contributed by atoms with Crippen LogP contribution in [0.3, 0.4) is 0 Å². The van der Waals surface area contributed by atoms with Crippen molar-refractivity contribution in [1.29, 1.82) is 0 Å². The maximum Gasteiger partial charge on any atom is 0.0790 e. The Bertz CT molecular complexity index is 471. The van der Waals surface area contributed by atoms with Crippen molar-refractivity contribution in [2.24, 2.45) is 22.7 Å². The lowest BCUT2D eigenvalue weighted by Gasteiger charge is -2.53. The number of allylic oxidation sites excluding steroid dienone is 3. The quantitative estimate of drug-likeness (QED) is 0.537. The second-order valence-electron chi connectivity index (χ2n) is 9.00. The van der Waals surface area contributed by atoms with E-state index in [2.05, 4.69) is 32.9 Å². The molecule has 2 heteroatoms. The summed E-state index contributed by atoms with van der Waals surface area (Å²) >= 11 is 0. The van der Waals surface area contributed by atoms with Gasteiger partial charge in [0, 0.05) is 0 Å². The van der Waals surface area contributed by atoms with E-state index in [-0.39, 0.29) is 10.8 Å². The molecule has 1 N–H and O–H groups in total. The molecule has 23 heavy (non-hydrogen) atoms. The molecule has 0 aromatic carbocycles. The number of aliphatic hydroxyl groups is 1. The van der Waals surface area contributed by atoms with Crippen LogP contribution in [0.25, 0.3) is 0 Å². The molecule has 2 aliphatic carbocycles. The van der Waals surface area contributed by atoms with Gasteiger partial charge in [-0.2, -0.15) is 0 Å². The van der Waals surface area contributed by atoms with Crippen LogP contribution < -0.4 is 0 Å². The molecule has 4 atom stereocenters. The molecule has 1 fully saturated rings. The largest absolute Gasteiger partial charge is 0.505 e. The van der Waals surface area contributed by atoms with Gasteiger partial charge < -0.3 is 9.84 Å². The van der Waals surface area contributed by atoms with E-state index in [1.54, 1.807) is 12.7 Å². The molecule has 1 saturated carbocycles. The summed E-state index contributed by atoms with van der Waals surface area (Å²) in [6.07, 6.45) is 13.5. The first-order valence-electron chi connectivity index (χ1n) is 9.26. The van der Waals surface area contributed by atoms with Gasteiger partial charge in [-0.1, -0.05) is 32.4 Å². The molecular weight excluding hydrogens is 284 g/mol. The van der Waals surface area contributed by atoms with Crippen LogP contribution in [0, 0.1) is 22.7 Å². The Morgan fingerprint density at radius 3 is 2.65 bits per heavy atom. The van der Waals surface area contributed by atoms with E-state index >= 15 is 0 Å². The van der Waals surface area contributed by atoms with E-state index in [0.717, 1.165) is 19.3 Å². The number of ether oxygens (including phenoxy) is 1. The van der Waals surface area contributed by atoms with Gasteiger partial charge in [0.1, 0.15) is 0 Å². The number of hydrogen-bond donors (Lipinski definition) is 1. The Morgan fingerprint density at radius 1 is 1.35 bits per heavy atom. The molecule has 2 nitrogen and oxygen atoms in total. The summed E-state index contributed by atoms with van der Waals surface area (Å²) in [5.41, 5.74) is 1.49. The van der Waals surface area contributed by atoms with Gasteiger partial charge in [-0.3, -0.25) is 0 Å². The normalized spacial score (nSPS) is 38.3. The molecule has 0 radical (unpaired) electrons. The van der Waals surface area contributed by atoms with Crippen molar-refractivity contribution >= 4 is 0 Å². The highest BCUT2D eigenvalue weighted by atomic mass is 16.5. The van der Waals surface area contributed by atoms with Gasteiger partial charge in [0.2, 0.25) is 0 Å². The van der Waals surface area contributed by atoms with Crippen LogP contribution in [0.1, 0.15) is 73.1 Å². The fourth-order valence-electron chi connectivity index (χ4n) is 4.73. The first-order chi connectivity index (χ1) is 10.6. The molecule has 132 valence electrons. The predicted molar refractivity (Wildman–Crippen MR) is 97.1 cm³/mol. The van der Waals surface area contributed by atoms with Gasteiger partial charge in [-0.15, -0.1) is 0 Å². The summed E-state index contributed by atoms with van der Waals surface area (Å²) in [6, 6.07) is 0. The SMILES string of the molecule is CO/C=C\[C@@]1(C)CCC=C2[C@@H]1CC[C@@H](C)[C@]2(C)CCC(C)(C)O. The summed E-state index contributed by atoms with van der Waals surface area (Å²) in [7, 11) is 1.73. The summed E-state index contributed by atoms with van der Waals surface area (Å²) in [4.78, 5) is 0. The lowest BCUT2D eigenvalue weighted by Crippen LogP contribution is -2.44. The van der Waals surface area contributed by atoms with Crippen molar-refractivity contribution in [3.8, 4) is 0 Å². The van der Waals surface area contributed by atoms with Crippen molar-refractivity contribution in [1.82, 2.24) is 0 Å². The zero-order valence-corrected chi connectivity index (χ0v) is 16.0. The average Bonchev–Trinajstić information content (AvgIpc) is 2.47. The van der Waals surface area contributed by atoms with E-state index in [9.17, 15) is 5.11 Å². The first-order valence-corrected chi connectivity index (χ1v) is 9.26. The zero-order chi connectivity index (χ0) is 17.3. The highest BCUT2D eigenvalue weighted by Crippen LogP contribution is 2.58.